The van der Waals surface area contributed by atoms with Crippen LogP contribution in [0, 0.1) is 11.8 Å². The van der Waals surface area contributed by atoms with Gasteiger partial charge in [0.2, 0.25) is 0 Å². The van der Waals surface area contributed by atoms with Crippen LogP contribution in [0.5, 0.6) is 0 Å². The molecule has 0 aliphatic heterocycles. The number of rotatable bonds is 1. The quantitative estimate of drug-likeness (QED) is 0.588. The van der Waals surface area contributed by atoms with Gasteiger partial charge >= 0.3 is 0 Å². The van der Waals surface area contributed by atoms with Crippen molar-refractivity contribution in [1.82, 2.24) is 0 Å². The molecule has 0 bridgehead atoms. The summed E-state index contributed by atoms with van der Waals surface area (Å²) in [4.78, 5) is 10.2. The number of carbonyl (C=O) groups is 1. The maximum atomic E-state index is 10.2. The summed E-state index contributed by atoms with van der Waals surface area (Å²) in [7, 11) is 0. The summed E-state index contributed by atoms with van der Waals surface area (Å²) in [6, 6.07) is 0. The summed E-state index contributed by atoms with van der Waals surface area (Å²) in [5.41, 5.74) is 0. The van der Waals surface area contributed by atoms with Crippen molar-refractivity contribution in [3.63, 3.8) is 0 Å². The molecule has 2 saturated carbocycles. The van der Waals surface area contributed by atoms with Crippen molar-refractivity contribution < 1.29 is 4.79 Å². The van der Waals surface area contributed by atoms with Gasteiger partial charge in [-0.25, -0.2) is 0 Å². The number of hydrogen-bond acceptors (Lipinski definition) is 1. The van der Waals surface area contributed by atoms with Gasteiger partial charge < -0.3 is 4.79 Å². The van der Waals surface area contributed by atoms with Gasteiger partial charge in [0.05, 0.1) is 0 Å². The van der Waals surface area contributed by atoms with Crippen molar-refractivity contribution in [2.45, 2.75) is 71.1 Å². The van der Waals surface area contributed by atoms with Crippen LogP contribution in [0.2, 0.25) is 0 Å². The molecule has 0 radical (unpaired) electrons. The smallest absolute Gasteiger partial charge is 0.123 e. The monoisotopic (exact) mass is 210 g/mol. The molecule has 0 unspecified atom stereocenters. The molecule has 0 atom stereocenters. The lowest BCUT2D eigenvalue weighted by atomic mass is 9.91. The Kier molecular flexibility index (Phi) is 6.71. The SMILES string of the molecule is CC1CCCCC1.O=CC1CCCCC1. The number of hydrogen-bond donors (Lipinski definition) is 0. The van der Waals surface area contributed by atoms with Crippen molar-refractivity contribution in [1.29, 1.82) is 0 Å². The van der Waals surface area contributed by atoms with Gasteiger partial charge in [-0.05, 0) is 18.8 Å². The molecule has 2 fully saturated rings. The molecule has 1 heteroatoms. The maximum Gasteiger partial charge on any atom is 0.123 e. The topological polar surface area (TPSA) is 17.1 Å². The van der Waals surface area contributed by atoms with Crippen molar-refractivity contribution in [2.75, 3.05) is 0 Å². The highest BCUT2D eigenvalue weighted by Gasteiger charge is 2.10. The summed E-state index contributed by atoms with van der Waals surface area (Å²) < 4.78 is 0. The predicted octanol–water partition coefficient (Wildman–Crippen LogP) is 4.35. The van der Waals surface area contributed by atoms with Gasteiger partial charge in [-0.15, -0.1) is 0 Å². The lowest BCUT2D eigenvalue weighted by Gasteiger charge is -2.15. The Morgan fingerprint density at radius 1 is 0.800 bits per heavy atom. The molecule has 0 spiro atoms. The van der Waals surface area contributed by atoms with Gasteiger partial charge in [-0.3, -0.25) is 0 Å². The Balaban J connectivity index is 0.000000151. The molecule has 1 nitrogen and oxygen atoms in total. The van der Waals surface area contributed by atoms with E-state index < -0.39 is 0 Å². The zero-order valence-corrected chi connectivity index (χ0v) is 10.2. The Morgan fingerprint density at radius 2 is 1.27 bits per heavy atom. The van der Waals surface area contributed by atoms with Crippen LogP contribution >= 0.6 is 0 Å². The van der Waals surface area contributed by atoms with Crippen LogP contribution < -0.4 is 0 Å². The predicted molar refractivity (Wildman–Crippen MR) is 64.9 cm³/mol. The molecular formula is C14H26O. The third-order valence-corrected chi connectivity index (χ3v) is 3.74. The third kappa shape index (κ3) is 5.96. The molecule has 88 valence electrons. The van der Waals surface area contributed by atoms with Gasteiger partial charge in [0.25, 0.3) is 0 Å². The molecule has 0 aromatic heterocycles. The summed E-state index contributed by atoms with van der Waals surface area (Å²) >= 11 is 0. The van der Waals surface area contributed by atoms with Crippen molar-refractivity contribution >= 4 is 6.29 Å². The van der Waals surface area contributed by atoms with Gasteiger partial charge in [0.15, 0.2) is 0 Å². The highest BCUT2D eigenvalue weighted by Crippen LogP contribution is 2.22. The highest BCUT2D eigenvalue weighted by atomic mass is 16.1. The molecule has 2 aliphatic carbocycles. The van der Waals surface area contributed by atoms with E-state index in [1.165, 1.54) is 51.4 Å². The minimum atomic E-state index is 0.406. The summed E-state index contributed by atoms with van der Waals surface area (Å²) in [6.07, 6.45) is 14.7. The first-order valence-corrected chi connectivity index (χ1v) is 6.78. The van der Waals surface area contributed by atoms with E-state index in [2.05, 4.69) is 6.92 Å². The fraction of sp³-hybridized carbons (Fsp3) is 0.929. The van der Waals surface area contributed by atoms with Crippen molar-refractivity contribution in [3.05, 3.63) is 0 Å². The normalized spacial score (nSPS) is 24.1. The van der Waals surface area contributed by atoms with Gasteiger partial charge in [0, 0.05) is 5.92 Å². The summed E-state index contributed by atoms with van der Waals surface area (Å²) in [5, 5.41) is 0. The molecule has 0 heterocycles. The van der Waals surface area contributed by atoms with Crippen LogP contribution in [0.15, 0.2) is 0 Å². The van der Waals surface area contributed by atoms with Crippen molar-refractivity contribution in [3.8, 4) is 0 Å². The maximum absolute atomic E-state index is 10.2. The van der Waals surface area contributed by atoms with Crippen LogP contribution in [0.1, 0.15) is 71.1 Å². The first-order valence-electron chi connectivity index (χ1n) is 6.78. The zero-order valence-electron chi connectivity index (χ0n) is 10.2. The molecule has 0 N–H and O–H groups in total. The standard InChI is InChI=1S/C7H12O.C7H14/c8-6-7-4-2-1-3-5-7;1-7-5-3-2-4-6-7/h6-7H,1-5H2;7H,2-6H2,1H3. The second-order valence-electron chi connectivity index (χ2n) is 5.28. The molecule has 2 rings (SSSR count). The van der Waals surface area contributed by atoms with Gasteiger partial charge in [-0.1, -0.05) is 58.3 Å². The molecular weight excluding hydrogens is 184 g/mol. The van der Waals surface area contributed by atoms with Crippen molar-refractivity contribution in [2.24, 2.45) is 11.8 Å². The second kappa shape index (κ2) is 7.90. The third-order valence-electron chi connectivity index (χ3n) is 3.74. The molecule has 0 aromatic carbocycles. The lowest BCUT2D eigenvalue weighted by molar-refractivity contribution is -0.111. The van der Waals surface area contributed by atoms with Crippen LogP contribution in [0.3, 0.4) is 0 Å². The fourth-order valence-electron chi connectivity index (χ4n) is 2.58. The number of aldehydes is 1. The lowest BCUT2D eigenvalue weighted by Crippen LogP contribution is -2.06. The summed E-state index contributed by atoms with van der Waals surface area (Å²) in [6.45, 7) is 2.36. The average molecular weight is 210 g/mol. The van der Waals surface area contributed by atoms with E-state index in [0.29, 0.717) is 5.92 Å². The molecule has 0 saturated heterocycles. The largest absolute Gasteiger partial charge is 0.303 e. The second-order valence-corrected chi connectivity index (χ2v) is 5.28. The van der Waals surface area contributed by atoms with E-state index in [9.17, 15) is 4.79 Å². The Labute approximate surface area is 94.6 Å². The minimum Gasteiger partial charge on any atom is -0.303 e. The van der Waals surface area contributed by atoms with Crippen LogP contribution in [-0.4, -0.2) is 6.29 Å². The first kappa shape index (κ1) is 12.7. The van der Waals surface area contributed by atoms with E-state index in [1.54, 1.807) is 0 Å². The van der Waals surface area contributed by atoms with Gasteiger partial charge in [0.1, 0.15) is 6.29 Å². The average Bonchev–Trinajstić information content (AvgIpc) is 2.32. The first-order chi connectivity index (χ1) is 7.33. The fourth-order valence-corrected chi connectivity index (χ4v) is 2.58. The molecule has 2 aliphatic rings. The summed E-state index contributed by atoms with van der Waals surface area (Å²) in [5.74, 6) is 1.44. The van der Waals surface area contributed by atoms with Gasteiger partial charge in [-0.2, -0.15) is 0 Å². The van der Waals surface area contributed by atoms with E-state index in [1.807, 2.05) is 0 Å². The minimum absolute atomic E-state index is 0.406. The highest BCUT2D eigenvalue weighted by molar-refractivity contribution is 5.53. The van der Waals surface area contributed by atoms with E-state index >= 15 is 0 Å². The van der Waals surface area contributed by atoms with E-state index in [4.69, 9.17) is 0 Å². The Bertz CT molecular complexity index is 153. The van der Waals surface area contributed by atoms with E-state index in [0.717, 1.165) is 25.0 Å². The Hall–Kier alpha value is -0.330. The van der Waals surface area contributed by atoms with E-state index in [-0.39, 0.29) is 0 Å². The molecule has 15 heavy (non-hydrogen) atoms. The van der Waals surface area contributed by atoms with Crippen LogP contribution in [0.25, 0.3) is 0 Å². The Morgan fingerprint density at radius 3 is 1.53 bits per heavy atom. The van der Waals surface area contributed by atoms with Crippen LogP contribution in [0.4, 0.5) is 0 Å². The molecule has 0 amide bonds. The molecule has 0 aromatic rings. The number of carbonyl (C=O) groups excluding carboxylic acids is 1. The van der Waals surface area contributed by atoms with Crippen LogP contribution in [-0.2, 0) is 4.79 Å². The zero-order chi connectivity index (χ0) is 10.9.